The van der Waals surface area contributed by atoms with Crippen molar-refractivity contribution in [2.75, 3.05) is 20.2 Å². The highest BCUT2D eigenvalue weighted by Gasteiger charge is 2.34. The van der Waals surface area contributed by atoms with Crippen molar-refractivity contribution < 1.29 is 19.1 Å². The molecule has 33 heavy (non-hydrogen) atoms. The lowest BCUT2D eigenvalue weighted by atomic mass is 10.0. The van der Waals surface area contributed by atoms with Crippen LogP contribution in [0, 0.1) is 11.3 Å². The van der Waals surface area contributed by atoms with Crippen LogP contribution in [0.5, 0.6) is 5.75 Å². The fourth-order valence-electron chi connectivity index (χ4n) is 4.03. The van der Waals surface area contributed by atoms with Gasteiger partial charge < -0.3 is 24.1 Å². The average molecular weight is 447 g/mol. The molecule has 8 nitrogen and oxygen atoms in total. The van der Waals surface area contributed by atoms with Crippen LogP contribution in [0.1, 0.15) is 42.4 Å². The van der Waals surface area contributed by atoms with Gasteiger partial charge in [-0.1, -0.05) is 12.1 Å². The Morgan fingerprint density at radius 3 is 2.58 bits per heavy atom. The van der Waals surface area contributed by atoms with Gasteiger partial charge in [-0.05, 0) is 44.5 Å². The first-order chi connectivity index (χ1) is 15.7. The minimum absolute atomic E-state index is 0.101. The van der Waals surface area contributed by atoms with Crippen LogP contribution in [0.4, 0.5) is 4.79 Å². The second-order valence-electron chi connectivity index (χ2n) is 8.87. The lowest BCUT2D eigenvalue weighted by Gasteiger charge is -2.21. The van der Waals surface area contributed by atoms with Gasteiger partial charge in [-0.15, -0.1) is 0 Å². The Balaban J connectivity index is 1.64. The Bertz CT molecular complexity index is 1260. The van der Waals surface area contributed by atoms with E-state index in [4.69, 9.17) is 14.7 Å². The van der Waals surface area contributed by atoms with E-state index < -0.39 is 11.7 Å². The topological polar surface area (TPSA) is 96.1 Å². The van der Waals surface area contributed by atoms with Gasteiger partial charge in [-0.2, -0.15) is 5.26 Å². The molecule has 1 aliphatic heterocycles. The summed E-state index contributed by atoms with van der Waals surface area (Å²) >= 11 is 0. The van der Waals surface area contributed by atoms with Crippen molar-refractivity contribution in [3.63, 3.8) is 0 Å². The van der Waals surface area contributed by atoms with Crippen molar-refractivity contribution in [1.82, 2.24) is 14.6 Å². The SMILES string of the molecule is COc1ccn2c3c(c(-c4ccc(C#N)cc4)c2c1)CN(CCNC(=O)OC(C)(C)C)C3=O. The molecule has 0 spiro atoms. The Labute approximate surface area is 192 Å². The summed E-state index contributed by atoms with van der Waals surface area (Å²) in [5.74, 6) is 0.593. The minimum Gasteiger partial charge on any atom is -0.497 e. The first kappa shape index (κ1) is 22.2. The number of rotatable bonds is 5. The first-order valence-corrected chi connectivity index (χ1v) is 10.7. The van der Waals surface area contributed by atoms with E-state index in [9.17, 15) is 9.59 Å². The summed E-state index contributed by atoms with van der Waals surface area (Å²) in [6.45, 7) is 6.47. The number of aromatic nitrogens is 1. The third-order valence-corrected chi connectivity index (χ3v) is 5.44. The number of pyridine rings is 1. The summed E-state index contributed by atoms with van der Waals surface area (Å²) in [6, 6.07) is 13.2. The molecule has 2 aromatic heterocycles. The van der Waals surface area contributed by atoms with Gasteiger partial charge in [0.1, 0.15) is 17.0 Å². The lowest BCUT2D eigenvalue weighted by molar-refractivity contribution is 0.0515. The summed E-state index contributed by atoms with van der Waals surface area (Å²) in [7, 11) is 1.61. The second-order valence-corrected chi connectivity index (χ2v) is 8.87. The zero-order chi connectivity index (χ0) is 23.8. The molecule has 0 saturated heterocycles. The van der Waals surface area contributed by atoms with Gasteiger partial charge in [-0.25, -0.2) is 4.79 Å². The van der Waals surface area contributed by atoms with Crippen molar-refractivity contribution in [3.8, 4) is 22.9 Å². The molecule has 170 valence electrons. The number of carbonyl (C=O) groups excluding carboxylic acids is 2. The van der Waals surface area contributed by atoms with E-state index in [1.807, 2.05) is 34.9 Å². The van der Waals surface area contributed by atoms with E-state index in [1.165, 1.54) is 0 Å². The molecule has 0 unspecified atom stereocenters. The van der Waals surface area contributed by atoms with Crippen LogP contribution < -0.4 is 10.1 Å². The molecule has 0 saturated carbocycles. The number of alkyl carbamates (subject to hydrolysis) is 1. The van der Waals surface area contributed by atoms with Gasteiger partial charge >= 0.3 is 6.09 Å². The highest BCUT2D eigenvalue weighted by atomic mass is 16.6. The standard InChI is InChI=1S/C25H26N4O4/c1-25(2,3)33-24(31)27-10-12-28-15-19-21(17-7-5-16(14-26)6-8-17)20-13-18(32-4)9-11-29(20)22(19)23(28)30/h5-9,11,13H,10,12,15H2,1-4H3,(H,27,31). The largest absolute Gasteiger partial charge is 0.497 e. The fourth-order valence-corrected chi connectivity index (χ4v) is 4.03. The van der Waals surface area contributed by atoms with E-state index in [1.54, 1.807) is 44.9 Å². The highest BCUT2D eigenvalue weighted by Crippen LogP contribution is 2.39. The van der Waals surface area contributed by atoms with E-state index in [2.05, 4.69) is 11.4 Å². The zero-order valence-electron chi connectivity index (χ0n) is 19.1. The van der Waals surface area contributed by atoms with Gasteiger partial charge in [0, 0.05) is 43.0 Å². The van der Waals surface area contributed by atoms with E-state index in [-0.39, 0.29) is 12.5 Å². The van der Waals surface area contributed by atoms with E-state index >= 15 is 0 Å². The molecule has 1 aliphatic rings. The van der Waals surface area contributed by atoms with Gasteiger partial charge in [0.2, 0.25) is 0 Å². The summed E-state index contributed by atoms with van der Waals surface area (Å²) in [4.78, 5) is 26.9. The second kappa shape index (κ2) is 8.51. The van der Waals surface area contributed by atoms with Crippen molar-refractivity contribution in [1.29, 1.82) is 5.26 Å². The predicted molar refractivity (Wildman–Crippen MR) is 123 cm³/mol. The average Bonchev–Trinajstić information content (AvgIpc) is 3.26. The van der Waals surface area contributed by atoms with Crippen LogP contribution in [0.2, 0.25) is 0 Å². The molecular weight excluding hydrogens is 420 g/mol. The molecule has 3 heterocycles. The number of fused-ring (bicyclic) bond motifs is 3. The number of methoxy groups -OCH3 is 1. The smallest absolute Gasteiger partial charge is 0.407 e. The molecule has 8 heteroatoms. The Morgan fingerprint density at radius 2 is 1.94 bits per heavy atom. The Morgan fingerprint density at radius 1 is 1.21 bits per heavy atom. The summed E-state index contributed by atoms with van der Waals surface area (Å²) in [5.41, 5.74) is 4.22. The molecule has 0 fully saturated rings. The molecule has 0 aliphatic carbocycles. The third kappa shape index (κ3) is 4.35. The summed E-state index contributed by atoms with van der Waals surface area (Å²) in [6.07, 6.45) is 1.33. The third-order valence-electron chi connectivity index (χ3n) is 5.44. The van der Waals surface area contributed by atoms with Crippen LogP contribution in [0.25, 0.3) is 16.6 Å². The van der Waals surface area contributed by atoms with E-state index in [0.29, 0.717) is 30.1 Å². The highest BCUT2D eigenvalue weighted by molar-refractivity contribution is 6.04. The number of hydrogen-bond donors (Lipinski definition) is 1. The summed E-state index contributed by atoms with van der Waals surface area (Å²) < 4.78 is 12.5. The lowest BCUT2D eigenvalue weighted by Crippen LogP contribution is -2.38. The van der Waals surface area contributed by atoms with Gasteiger partial charge in [-0.3, -0.25) is 4.79 Å². The summed E-state index contributed by atoms with van der Waals surface area (Å²) in [5, 5.41) is 11.9. The quantitative estimate of drug-likeness (QED) is 0.640. The van der Waals surface area contributed by atoms with Gasteiger partial charge in [0.15, 0.2) is 0 Å². The van der Waals surface area contributed by atoms with Crippen LogP contribution in [-0.2, 0) is 11.3 Å². The predicted octanol–water partition coefficient (Wildman–Crippen LogP) is 3.97. The molecule has 0 atom stereocenters. The number of hydrogen-bond acceptors (Lipinski definition) is 5. The van der Waals surface area contributed by atoms with Crippen molar-refractivity contribution in [3.05, 3.63) is 59.4 Å². The first-order valence-electron chi connectivity index (χ1n) is 10.7. The fraction of sp³-hybridized carbons (Fsp3) is 0.320. The number of benzene rings is 1. The Hall–Kier alpha value is -3.99. The zero-order valence-corrected chi connectivity index (χ0v) is 19.1. The molecule has 2 amide bonds. The molecule has 3 aromatic rings. The molecule has 1 aromatic carbocycles. The molecule has 0 radical (unpaired) electrons. The minimum atomic E-state index is -0.581. The molecule has 1 N–H and O–H groups in total. The van der Waals surface area contributed by atoms with E-state index in [0.717, 1.165) is 22.2 Å². The van der Waals surface area contributed by atoms with Crippen LogP contribution in [0.15, 0.2) is 42.6 Å². The Kier molecular flexibility index (Phi) is 5.73. The van der Waals surface area contributed by atoms with Crippen molar-refractivity contribution >= 4 is 17.5 Å². The number of carbonyl (C=O) groups is 2. The molecule has 0 bridgehead atoms. The van der Waals surface area contributed by atoms with Crippen LogP contribution >= 0.6 is 0 Å². The number of ether oxygens (including phenoxy) is 2. The van der Waals surface area contributed by atoms with Crippen LogP contribution in [0.3, 0.4) is 0 Å². The number of amides is 2. The van der Waals surface area contributed by atoms with Crippen LogP contribution in [-0.4, -0.2) is 47.1 Å². The maximum atomic E-state index is 13.3. The molecular formula is C25H26N4O4. The monoisotopic (exact) mass is 446 g/mol. The number of nitrogens with one attached hydrogen (secondary N) is 1. The maximum absolute atomic E-state index is 13.3. The van der Waals surface area contributed by atoms with Gasteiger partial charge in [0.05, 0.1) is 24.3 Å². The number of nitriles is 1. The molecule has 4 rings (SSSR count). The van der Waals surface area contributed by atoms with Crippen molar-refractivity contribution in [2.45, 2.75) is 32.9 Å². The van der Waals surface area contributed by atoms with Crippen molar-refractivity contribution in [2.24, 2.45) is 0 Å². The van der Waals surface area contributed by atoms with Gasteiger partial charge in [0.25, 0.3) is 5.91 Å². The number of nitrogens with zero attached hydrogens (tertiary/aromatic N) is 3. The normalized spacial score (nSPS) is 13.1. The maximum Gasteiger partial charge on any atom is 0.407 e.